The van der Waals surface area contributed by atoms with Gasteiger partial charge in [-0.2, -0.15) is 0 Å². The van der Waals surface area contributed by atoms with E-state index in [2.05, 4.69) is 0 Å². The van der Waals surface area contributed by atoms with Gasteiger partial charge in [-0.05, 0) is 25.1 Å². The van der Waals surface area contributed by atoms with E-state index in [9.17, 15) is 40.2 Å². The van der Waals surface area contributed by atoms with Crippen LogP contribution in [0, 0.1) is 0 Å². The Morgan fingerprint density at radius 1 is 0.971 bits per heavy atom. The number of aromatic hydroxyl groups is 4. The van der Waals surface area contributed by atoms with E-state index < -0.39 is 70.9 Å². The number of carbonyl (C=O) groups excluding carboxylic acids is 1. The van der Waals surface area contributed by atoms with Crippen LogP contribution in [-0.2, 0) is 14.3 Å². The second-order valence-corrected chi connectivity index (χ2v) is 8.01. The summed E-state index contributed by atoms with van der Waals surface area (Å²) < 4.78 is 21.9. The van der Waals surface area contributed by atoms with Crippen LogP contribution >= 0.6 is 0 Å². The zero-order chi connectivity index (χ0) is 25.6. The molecule has 186 valence electrons. The number of benzene rings is 2. The van der Waals surface area contributed by atoms with Crippen LogP contribution < -0.4 is 10.2 Å². The molecule has 0 saturated carbocycles. The zero-order valence-corrected chi connectivity index (χ0v) is 18.4. The van der Waals surface area contributed by atoms with E-state index in [1.807, 2.05) is 0 Å². The topological polar surface area (TPSA) is 196 Å². The van der Waals surface area contributed by atoms with Gasteiger partial charge in [0.2, 0.25) is 17.5 Å². The minimum Gasteiger partial charge on any atom is -0.508 e. The van der Waals surface area contributed by atoms with Gasteiger partial charge in [0.1, 0.15) is 34.7 Å². The number of aliphatic hydroxyl groups is 2. The minimum absolute atomic E-state index is 0.0498. The largest absolute Gasteiger partial charge is 0.508 e. The van der Waals surface area contributed by atoms with Crippen LogP contribution in [-0.4, -0.2) is 67.3 Å². The molecule has 6 N–H and O–H groups in total. The number of carbonyl (C=O) groups is 1. The Hall–Kier alpha value is -4.00. The highest BCUT2D eigenvalue weighted by Gasteiger charge is 2.46. The number of phenolic OH excluding ortho intramolecular Hbond substituents is 4. The molecule has 1 fully saturated rings. The summed E-state index contributed by atoms with van der Waals surface area (Å²) in [5.74, 6) is -3.59. The van der Waals surface area contributed by atoms with Gasteiger partial charge in [0, 0.05) is 24.6 Å². The van der Waals surface area contributed by atoms with Gasteiger partial charge in [0.25, 0.3) is 0 Å². The summed E-state index contributed by atoms with van der Waals surface area (Å²) in [6.07, 6.45) is -7.22. The van der Waals surface area contributed by atoms with E-state index in [0.717, 1.165) is 31.2 Å². The Balaban J connectivity index is 1.84. The first-order valence-electron chi connectivity index (χ1n) is 10.4. The standard InChI is InChI=1S/C23H22O12/c1-8-20(33-9(2)24)18(30)19(31)23(32-8)35-22-17(29)16-14(28)6-11(25)7-15(16)34-21(22)10-3-4-12(26)13(27)5-10/h3-8,18-20,23,25-28,30-31H,1-2H3/t8?,18?,19-,20-,23-/m0/s1. The smallest absolute Gasteiger partial charge is 0.303 e. The molecule has 0 spiro atoms. The molecule has 35 heavy (non-hydrogen) atoms. The Labute approximate surface area is 196 Å². The number of phenols is 4. The fourth-order valence-electron chi connectivity index (χ4n) is 3.80. The highest BCUT2D eigenvalue weighted by atomic mass is 16.7. The van der Waals surface area contributed by atoms with Gasteiger partial charge < -0.3 is 49.3 Å². The van der Waals surface area contributed by atoms with Crippen molar-refractivity contribution in [2.75, 3.05) is 0 Å². The van der Waals surface area contributed by atoms with Crippen LogP contribution in [0.1, 0.15) is 13.8 Å². The molecule has 0 aliphatic carbocycles. The summed E-state index contributed by atoms with van der Waals surface area (Å²) in [5, 5.41) is 60.3. The number of fused-ring (bicyclic) bond motifs is 1. The number of hydrogen-bond acceptors (Lipinski definition) is 12. The maximum atomic E-state index is 13.4. The first kappa shape index (κ1) is 24.1. The van der Waals surface area contributed by atoms with Crippen molar-refractivity contribution in [3.63, 3.8) is 0 Å². The van der Waals surface area contributed by atoms with Gasteiger partial charge in [-0.25, -0.2) is 0 Å². The first-order valence-corrected chi connectivity index (χ1v) is 10.4. The summed E-state index contributed by atoms with van der Waals surface area (Å²) in [6, 6.07) is 5.48. The third-order valence-corrected chi connectivity index (χ3v) is 5.47. The molecule has 2 aromatic carbocycles. The van der Waals surface area contributed by atoms with Gasteiger partial charge in [-0.3, -0.25) is 9.59 Å². The van der Waals surface area contributed by atoms with Crippen molar-refractivity contribution in [3.05, 3.63) is 40.6 Å². The lowest BCUT2D eigenvalue weighted by Gasteiger charge is -2.40. The maximum Gasteiger partial charge on any atom is 0.303 e. The fourth-order valence-corrected chi connectivity index (χ4v) is 3.80. The van der Waals surface area contributed by atoms with Crippen molar-refractivity contribution in [2.45, 2.75) is 44.6 Å². The van der Waals surface area contributed by atoms with E-state index in [-0.39, 0.29) is 22.3 Å². The second kappa shape index (κ2) is 8.98. The molecule has 0 amide bonds. The van der Waals surface area contributed by atoms with Gasteiger partial charge in [0.05, 0.1) is 6.10 Å². The molecular weight excluding hydrogens is 468 g/mol. The molecule has 5 atom stereocenters. The quantitative estimate of drug-likeness (QED) is 0.225. The molecule has 0 bridgehead atoms. The van der Waals surface area contributed by atoms with Crippen LogP contribution in [0.15, 0.2) is 39.5 Å². The van der Waals surface area contributed by atoms with Gasteiger partial charge in [-0.15, -0.1) is 0 Å². The van der Waals surface area contributed by atoms with Crippen molar-refractivity contribution in [1.29, 1.82) is 0 Å². The number of aliphatic hydroxyl groups excluding tert-OH is 2. The molecule has 12 nitrogen and oxygen atoms in total. The van der Waals surface area contributed by atoms with Crippen LogP contribution in [0.4, 0.5) is 0 Å². The fraction of sp³-hybridized carbons (Fsp3) is 0.304. The molecule has 1 aliphatic heterocycles. The van der Waals surface area contributed by atoms with Gasteiger partial charge in [-0.1, -0.05) is 0 Å². The molecule has 1 aliphatic rings. The van der Waals surface area contributed by atoms with Crippen molar-refractivity contribution in [1.82, 2.24) is 0 Å². The van der Waals surface area contributed by atoms with Crippen molar-refractivity contribution >= 4 is 16.9 Å². The molecule has 2 heterocycles. The lowest BCUT2D eigenvalue weighted by molar-refractivity contribution is -0.272. The number of rotatable bonds is 4. The van der Waals surface area contributed by atoms with E-state index in [4.69, 9.17) is 18.6 Å². The SMILES string of the molecule is CC(=O)O[C@H]1C(C)O[C@@H](Oc2c(-c3ccc(O)c(O)c3)oc3cc(O)cc(O)c3c2=O)[C@@H](O)C1O. The third-order valence-electron chi connectivity index (χ3n) is 5.47. The summed E-state index contributed by atoms with van der Waals surface area (Å²) in [7, 11) is 0. The molecule has 0 radical (unpaired) electrons. The van der Waals surface area contributed by atoms with E-state index in [0.29, 0.717) is 0 Å². The number of esters is 1. The molecule has 12 heteroatoms. The Kier molecular flexibility index (Phi) is 6.19. The highest BCUT2D eigenvalue weighted by molar-refractivity contribution is 5.88. The third kappa shape index (κ3) is 4.41. The van der Waals surface area contributed by atoms with Crippen LogP contribution in [0.5, 0.6) is 28.7 Å². The summed E-state index contributed by atoms with van der Waals surface area (Å²) in [4.78, 5) is 24.7. The van der Waals surface area contributed by atoms with E-state index in [1.54, 1.807) is 0 Å². The van der Waals surface area contributed by atoms with Crippen LogP contribution in [0.25, 0.3) is 22.3 Å². The molecule has 1 aromatic heterocycles. The Bertz CT molecular complexity index is 1350. The predicted molar refractivity (Wildman–Crippen MR) is 117 cm³/mol. The summed E-state index contributed by atoms with van der Waals surface area (Å²) >= 11 is 0. The van der Waals surface area contributed by atoms with Crippen LogP contribution in [0.3, 0.4) is 0 Å². The molecule has 2 unspecified atom stereocenters. The molecule has 3 aromatic rings. The van der Waals surface area contributed by atoms with E-state index >= 15 is 0 Å². The maximum absolute atomic E-state index is 13.4. The molecule has 4 rings (SSSR count). The van der Waals surface area contributed by atoms with Crippen molar-refractivity contribution in [3.8, 4) is 40.1 Å². The van der Waals surface area contributed by atoms with Crippen molar-refractivity contribution < 1.29 is 54.1 Å². The normalized spacial score (nSPS) is 24.3. The average molecular weight is 490 g/mol. The first-order chi connectivity index (χ1) is 16.5. The average Bonchev–Trinajstić information content (AvgIpc) is 2.77. The predicted octanol–water partition coefficient (Wildman–Crippen LogP) is 1.06. The van der Waals surface area contributed by atoms with Crippen LogP contribution in [0.2, 0.25) is 0 Å². The van der Waals surface area contributed by atoms with E-state index in [1.165, 1.54) is 13.0 Å². The summed E-state index contributed by atoms with van der Waals surface area (Å²) in [5.41, 5.74) is -1.10. The van der Waals surface area contributed by atoms with Gasteiger partial charge in [0.15, 0.2) is 23.4 Å². The molecule has 1 saturated heterocycles. The lowest BCUT2D eigenvalue weighted by Crippen LogP contribution is -2.59. The highest BCUT2D eigenvalue weighted by Crippen LogP contribution is 2.39. The monoisotopic (exact) mass is 490 g/mol. The Morgan fingerprint density at radius 2 is 1.69 bits per heavy atom. The van der Waals surface area contributed by atoms with Gasteiger partial charge >= 0.3 is 5.97 Å². The molecular formula is C23H22O12. The summed E-state index contributed by atoms with van der Waals surface area (Å²) in [6.45, 7) is 2.58. The lowest BCUT2D eigenvalue weighted by atomic mass is 9.99. The minimum atomic E-state index is -1.78. The number of hydrogen-bond donors (Lipinski definition) is 6. The second-order valence-electron chi connectivity index (χ2n) is 8.01. The zero-order valence-electron chi connectivity index (χ0n) is 18.4. The number of ether oxygens (including phenoxy) is 3. The van der Waals surface area contributed by atoms with Crippen molar-refractivity contribution in [2.24, 2.45) is 0 Å². The Morgan fingerprint density at radius 3 is 2.34 bits per heavy atom.